The van der Waals surface area contributed by atoms with Gasteiger partial charge in [0.2, 0.25) is 0 Å². The molecule has 1 rings (SSSR count). The van der Waals surface area contributed by atoms with Crippen LogP contribution in [0.5, 0.6) is 0 Å². The zero-order valence-corrected chi connectivity index (χ0v) is 8.75. The van der Waals surface area contributed by atoms with Crippen LogP contribution in [0, 0.1) is 12.3 Å². The average molecular weight is 210 g/mol. The second-order valence-electron chi connectivity index (χ2n) is 2.88. The largest absolute Gasteiger partial charge is 0.355 e. The molecule has 1 unspecified atom stereocenters. The van der Waals surface area contributed by atoms with E-state index >= 15 is 0 Å². The van der Waals surface area contributed by atoms with Crippen LogP contribution in [-0.2, 0) is 0 Å². The molecular formula is C10H12ClN3. The molecular weight excluding hydrogens is 198 g/mol. The summed E-state index contributed by atoms with van der Waals surface area (Å²) < 4.78 is 0. The number of nitrogens with zero attached hydrogens (tertiary/aromatic N) is 2. The fraction of sp³-hybridized carbons (Fsp3) is 0.400. The highest BCUT2D eigenvalue weighted by atomic mass is 35.5. The Labute approximate surface area is 88.9 Å². The van der Waals surface area contributed by atoms with Gasteiger partial charge in [0, 0.05) is 0 Å². The van der Waals surface area contributed by atoms with Gasteiger partial charge in [0.1, 0.15) is 11.0 Å². The van der Waals surface area contributed by atoms with Crippen molar-refractivity contribution in [3.05, 3.63) is 17.5 Å². The topological polar surface area (TPSA) is 37.8 Å². The lowest BCUT2D eigenvalue weighted by Gasteiger charge is -2.11. The van der Waals surface area contributed by atoms with Gasteiger partial charge in [-0.15, -0.1) is 6.42 Å². The summed E-state index contributed by atoms with van der Waals surface area (Å²) >= 11 is 5.68. The minimum absolute atomic E-state index is 0.00670. The molecule has 1 atom stereocenters. The summed E-state index contributed by atoms with van der Waals surface area (Å²) in [5, 5.41) is 3.44. The second kappa shape index (κ2) is 5.46. The minimum atomic E-state index is -0.00670. The molecule has 0 aromatic carbocycles. The first-order valence-corrected chi connectivity index (χ1v) is 4.84. The third-order valence-electron chi connectivity index (χ3n) is 1.71. The Morgan fingerprint density at radius 1 is 1.64 bits per heavy atom. The van der Waals surface area contributed by atoms with E-state index in [1.165, 1.54) is 6.20 Å². The molecule has 1 aromatic rings. The zero-order valence-electron chi connectivity index (χ0n) is 8.00. The van der Waals surface area contributed by atoms with Gasteiger partial charge < -0.3 is 5.32 Å². The van der Waals surface area contributed by atoms with Gasteiger partial charge in [0.15, 0.2) is 0 Å². The molecule has 0 aliphatic rings. The van der Waals surface area contributed by atoms with Crippen molar-refractivity contribution in [3.63, 3.8) is 0 Å². The van der Waals surface area contributed by atoms with E-state index in [2.05, 4.69) is 28.1 Å². The van der Waals surface area contributed by atoms with Gasteiger partial charge in [-0.3, -0.25) is 4.98 Å². The lowest BCUT2D eigenvalue weighted by molar-refractivity contribution is 0.752. The molecule has 0 saturated heterocycles. The first kappa shape index (κ1) is 10.8. The van der Waals surface area contributed by atoms with E-state index in [1.807, 2.05) is 0 Å². The van der Waals surface area contributed by atoms with Gasteiger partial charge in [0.05, 0.1) is 18.4 Å². The fourth-order valence-electron chi connectivity index (χ4n) is 1.08. The lowest BCUT2D eigenvalue weighted by Crippen LogP contribution is -2.17. The Bertz CT molecular complexity index is 332. The molecule has 0 saturated carbocycles. The summed E-state index contributed by atoms with van der Waals surface area (Å²) in [6.45, 7) is 2.08. The maximum atomic E-state index is 5.68. The first-order valence-electron chi connectivity index (χ1n) is 4.46. The smallest absolute Gasteiger partial charge is 0.149 e. The van der Waals surface area contributed by atoms with Crippen LogP contribution < -0.4 is 5.32 Å². The molecule has 0 aliphatic heterocycles. The molecule has 14 heavy (non-hydrogen) atoms. The van der Waals surface area contributed by atoms with E-state index in [-0.39, 0.29) is 6.04 Å². The van der Waals surface area contributed by atoms with Crippen molar-refractivity contribution in [2.45, 2.75) is 25.8 Å². The Balaban J connectivity index is 2.63. The first-order chi connectivity index (χ1) is 6.76. The van der Waals surface area contributed by atoms with E-state index in [9.17, 15) is 0 Å². The Kier molecular flexibility index (Phi) is 4.21. The van der Waals surface area contributed by atoms with Crippen molar-refractivity contribution in [1.82, 2.24) is 9.97 Å². The summed E-state index contributed by atoms with van der Waals surface area (Å²) in [6, 6.07) is -0.00670. The molecule has 4 heteroatoms. The SMILES string of the molecule is C#CC(CCC)Nc1cncc(Cl)n1. The van der Waals surface area contributed by atoms with Crippen LogP contribution in [0.2, 0.25) is 5.15 Å². The van der Waals surface area contributed by atoms with E-state index in [1.54, 1.807) is 6.20 Å². The number of terminal acetylenes is 1. The monoisotopic (exact) mass is 209 g/mol. The molecule has 0 radical (unpaired) electrons. The van der Waals surface area contributed by atoms with E-state index in [0.717, 1.165) is 12.8 Å². The van der Waals surface area contributed by atoms with Crippen molar-refractivity contribution in [2.24, 2.45) is 0 Å². The predicted molar refractivity (Wildman–Crippen MR) is 58.2 cm³/mol. The van der Waals surface area contributed by atoms with E-state index < -0.39 is 0 Å². The van der Waals surface area contributed by atoms with E-state index in [0.29, 0.717) is 11.0 Å². The fourth-order valence-corrected chi connectivity index (χ4v) is 1.22. The number of nitrogens with one attached hydrogen (secondary N) is 1. The maximum Gasteiger partial charge on any atom is 0.149 e. The number of anilines is 1. The van der Waals surface area contributed by atoms with Gasteiger partial charge in [-0.05, 0) is 6.42 Å². The average Bonchev–Trinajstić information content (AvgIpc) is 2.17. The Morgan fingerprint density at radius 3 is 3.00 bits per heavy atom. The Morgan fingerprint density at radius 2 is 2.43 bits per heavy atom. The summed E-state index contributed by atoms with van der Waals surface area (Å²) in [5.41, 5.74) is 0. The number of halogens is 1. The van der Waals surface area contributed by atoms with Crippen molar-refractivity contribution in [2.75, 3.05) is 5.32 Å². The number of rotatable bonds is 4. The molecule has 0 bridgehead atoms. The van der Waals surface area contributed by atoms with Crippen molar-refractivity contribution in [3.8, 4) is 12.3 Å². The van der Waals surface area contributed by atoms with E-state index in [4.69, 9.17) is 18.0 Å². The highest BCUT2D eigenvalue weighted by Crippen LogP contribution is 2.09. The van der Waals surface area contributed by atoms with Gasteiger partial charge in [-0.25, -0.2) is 4.98 Å². The maximum absolute atomic E-state index is 5.68. The highest BCUT2D eigenvalue weighted by molar-refractivity contribution is 6.29. The molecule has 0 spiro atoms. The molecule has 74 valence electrons. The quantitative estimate of drug-likeness (QED) is 0.774. The van der Waals surface area contributed by atoms with Gasteiger partial charge >= 0.3 is 0 Å². The summed E-state index contributed by atoms with van der Waals surface area (Å²) in [5.74, 6) is 3.27. The molecule has 3 nitrogen and oxygen atoms in total. The van der Waals surface area contributed by atoms with Crippen molar-refractivity contribution < 1.29 is 0 Å². The summed E-state index contributed by atoms with van der Waals surface area (Å²) in [6.07, 6.45) is 10.4. The van der Waals surface area contributed by atoms with Crippen molar-refractivity contribution in [1.29, 1.82) is 0 Å². The second-order valence-corrected chi connectivity index (χ2v) is 3.27. The molecule has 0 aliphatic carbocycles. The summed E-state index contributed by atoms with van der Waals surface area (Å²) in [4.78, 5) is 7.95. The standard InChI is InChI=1S/C10H12ClN3/c1-3-5-8(4-2)13-10-7-12-6-9(11)14-10/h2,6-8H,3,5H2,1H3,(H,13,14). The van der Waals surface area contributed by atoms with Crippen LogP contribution in [0.4, 0.5) is 5.82 Å². The number of aromatic nitrogens is 2. The van der Waals surface area contributed by atoms with Gasteiger partial charge in [0.25, 0.3) is 0 Å². The summed E-state index contributed by atoms with van der Waals surface area (Å²) in [7, 11) is 0. The molecule has 0 fully saturated rings. The molecule has 1 aromatic heterocycles. The third kappa shape index (κ3) is 3.23. The molecule has 0 amide bonds. The van der Waals surface area contributed by atoms with Crippen LogP contribution in [0.3, 0.4) is 0 Å². The lowest BCUT2D eigenvalue weighted by atomic mass is 10.2. The zero-order chi connectivity index (χ0) is 10.4. The Hall–Kier alpha value is -1.27. The third-order valence-corrected chi connectivity index (χ3v) is 1.89. The highest BCUT2D eigenvalue weighted by Gasteiger charge is 2.04. The number of hydrogen-bond donors (Lipinski definition) is 1. The number of hydrogen-bond acceptors (Lipinski definition) is 3. The minimum Gasteiger partial charge on any atom is -0.355 e. The van der Waals surface area contributed by atoms with Crippen LogP contribution in [-0.4, -0.2) is 16.0 Å². The van der Waals surface area contributed by atoms with Crippen LogP contribution in [0.15, 0.2) is 12.4 Å². The van der Waals surface area contributed by atoms with Gasteiger partial charge in [-0.2, -0.15) is 0 Å². The normalized spacial score (nSPS) is 11.8. The van der Waals surface area contributed by atoms with Crippen LogP contribution in [0.25, 0.3) is 0 Å². The van der Waals surface area contributed by atoms with Crippen LogP contribution in [0.1, 0.15) is 19.8 Å². The van der Waals surface area contributed by atoms with Gasteiger partial charge in [-0.1, -0.05) is 30.9 Å². The predicted octanol–water partition coefficient (Wildman–Crippen LogP) is 2.34. The van der Waals surface area contributed by atoms with Crippen LogP contribution >= 0.6 is 11.6 Å². The molecule has 1 N–H and O–H groups in total. The molecule has 1 heterocycles. The van der Waals surface area contributed by atoms with Crippen molar-refractivity contribution >= 4 is 17.4 Å².